The number of nitrogens with one attached hydrogen (secondary N) is 2. The first-order chi connectivity index (χ1) is 16.2. The third-order valence-electron chi connectivity index (χ3n) is 6.66. The van der Waals surface area contributed by atoms with E-state index in [9.17, 15) is 19.5 Å². The van der Waals surface area contributed by atoms with Crippen LogP contribution in [0.25, 0.3) is 0 Å². The molecule has 0 saturated heterocycles. The van der Waals surface area contributed by atoms with E-state index in [2.05, 4.69) is 15.5 Å². The van der Waals surface area contributed by atoms with E-state index in [0.29, 0.717) is 49.1 Å². The van der Waals surface area contributed by atoms with Gasteiger partial charge in [0.1, 0.15) is 17.6 Å². The maximum Gasteiger partial charge on any atom is 0.424 e. The number of aromatic nitrogens is 2. The molecule has 0 spiro atoms. The smallest absolute Gasteiger partial charge is 0.424 e. The van der Waals surface area contributed by atoms with Crippen molar-refractivity contribution in [3.63, 3.8) is 0 Å². The maximum atomic E-state index is 12.9. The van der Waals surface area contributed by atoms with Gasteiger partial charge in [0, 0.05) is 50.8 Å². The molecule has 0 bridgehead atoms. The second-order valence-electron chi connectivity index (χ2n) is 8.93. The van der Waals surface area contributed by atoms with Gasteiger partial charge in [-0.2, -0.15) is 5.10 Å². The van der Waals surface area contributed by atoms with E-state index >= 15 is 0 Å². The molecule has 1 atom stereocenters. The fraction of sp³-hybridized carbons (Fsp3) is 0.478. The lowest BCUT2D eigenvalue weighted by atomic mass is 9.80. The Hall–Kier alpha value is -3.60. The molecule has 1 fully saturated rings. The van der Waals surface area contributed by atoms with E-state index in [1.165, 1.54) is 18.2 Å². The molecule has 11 nitrogen and oxygen atoms in total. The molecule has 0 aliphatic heterocycles. The number of amides is 2. The highest BCUT2D eigenvalue weighted by atomic mass is 16.6. The summed E-state index contributed by atoms with van der Waals surface area (Å²) in [5.74, 6) is 0.257. The largest absolute Gasteiger partial charge is 0.507 e. The number of hydrazine groups is 1. The first-order valence-electron chi connectivity index (χ1n) is 11.1. The SMILES string of the molecule is COc1cc(O)c(C=O)c2c1C[C@@H](C(=O)Nc1cc(C3CC(OC(=O)N(C)N(C)C)C3)[nH]n1)C2. The van der Waals surface area contributed by atoms with Gasteiger partial charge in [-0.25, -0.2) is 14.8 Å². The molecule has 11 heteroatoms. The molecule has 0 radical (unpaired) electrons. The standard InChI is InChI=1S/C23H29N5O6/c1-27(2)28(3)23(32)34-14-5-12(6-14)18-9-21(26-25-18)24-22(31)13-7-15-16(8-13)20(33-4)10-19(30)17(15)11-29/h9-14,30H,5-8H2,1-4H3,(H2,24,25,26,31)/t12?,13-,14?/m0/s1. The van der Waals surface area contributed by atoms with Crippen LogP contribution in [0, 0.1) is 5.92 Å². The van der Waals surface area contributed by atoms with Gasteiger partial charge < -0.3 is 19.9 Å². The lowest BCUT2D eigenvalue weighted by molar-refractivity contribution is -0.119. The molecule has 1 aromatic heterocycles. The van der Waals surface area contributed by atoms with E-state index < -0.39 is 12.0 Å². The summed E-state index contributed by atoms with van der Waals surface area (Å²) in [7, 11) is 6.65. The topological polar surface area (TPSA) is 137 Å². The Kier molecular flexibility index (Phi) is 6.47. The number of fused-ring (bicyclic) bond motifs is 1. The zero-order valence-corrected chi connectivity index (χ0v) is 19.6. The molecule has 4 rings (SSSR count). The van der Waals surface area contributed by atoms with Crippen molar-refractivity contribution in [1.29, 1.82) is 0 Å². The normalized spacial score (nSPS) is 20.9. The van der Waals surface area contributed by atoms with Crippen LogP contribution >= 0.6 is 0 Å². The molecular formula is C23H29N5O6. The van der Waals surface area contributed by atoms with Gasteiger partial charge in [0.05, 0.1) is 12.7 Å². The fourth-order valence-corrected chi connectivity index (χ4v) is 4.41. The first kappa shape index (κ1) is 23.6. The van der Waals surface area contributed by atoms with Gasteiger partial charge in [0.2, 0.25) is 5.91 Å². The van der Waals surface area contributed by atoms with Gasteiger partial charge in [-0.3, -0.25) is 14.7 Å². The molecule has 2 aromatic rings. The lowest BCUT2D eigenvalue weighted by Crippen LogP contribution is -2.42. The van der Waals surface area contributed by atoms with Gasteiger partial charge >= 0.3 is 6.09 Å². The number of phenols is 1. The van der Waals surface area contributed by atoms with Crippen molar-refractivity contribution in [3.05, 3.63) is 34.5 Å². The summed E-state index contributed by atoms with van der Waals surface area (Å²) in [6, 6.07) is 3.20. The minimum Gasteiger partial charge on any atom is -0.507 e. The average Bonchev–Trinajstić information content (AvgIpc) is 3.42. The number of benzene rings is 1. The van der Waals surface area contributed by atoms with Crippen molar-refractivity contribution in [1.82, 2.24) is 20.2 Å². The highest BCUT2D eigenvalue weighted by Gasteiger charge is 2.36. The molecule has 1 saturated carbocycles. The summed E-state index contributed by atoms with van der Waals surface area (Å²) >= 11 is 0. The van der Waals surface area contributed by atoms with E-state index in [0.717, 1.165) is 11.3 Å². The third kappa shape index (κ3) is 4.43. The Morgan fingerprint density at radius 1 is 1.21 bits per heavy atom. The zero-order valence-electron chi connectivity index (χ0n) is 19.6. The summed E-state index contributed by atoms with van der Waals surface area (Å²) in [4.78, 5) is 36.4. The summed E-state index contributed by atoms with van der Waals surface area (Å²) < 4.78 is 10.8. The summed E-state index contributed by atoms with van der Waals surface area (Å²) in [6.45, 7) is 0. The Balaban J connectivity index is 1.33. The van der Waals surface area contributed by atoms with E-state index in [4.69, 9.17) is 9.47 Å². The van der Waals surface area contributed by atoms with E-state index in [1.54, 1.807) is 32.2 Å². The van der Waals surface area contributed by atoms with Gasteiger partial charge in [0.25, 0.3) is 0 Å². The number of hydrogen-bond donors (Lipinski definition) is 3. The minimum atomic E-state index is -0.411. The Labute approximate surface area is 197 Å². The van der Waals surface area contributed by atoms with Crippen molar-refractivity contribution in [3.8, 4) is 11.5 Å². The van der Waals surface area contributed by atoms with Crippen LogP contribution in [0.5, 0.6) is 11.5 Å². The number of rotatable bonds is 7. The molecule has 182 valence electrons. The minimum absolute atomic E-state index is 0.151. The molecular weight excluding hydrogens is 442 g/mol. The number of aromatic amines is 1. The van der Waals surface area contributed by atoms with Gasteiger partial charge in [0.15, 0.2) is 12.1 Å². The summed E-state index contributed by atoms with van der Waals surface area (Å²) in [6.07, 6.45) is 2.14. The van der Waals surface area contributed by atoms with E-state index in [1.807, 2.05) is 0 Å². The number of carbonyl (C=O) groups is 3. The number of ether oxygens (including phenoxy) is 2. The molecule has 34 heavy (non-hydrogen) atoms. The van der Waals surface area contributed by atoms with Gasteiger partial charge in [-0.05, 0) is 36.8 Å². The number of anilines is 1. The average molecular weight is 472 g/mol. The van der Waals surface area contributed by atoms with Crippen LogP contribution in [-0.4, -0.2) is 78.0 Å². The predicted octanol–water partition coefficient (Wildman–Crippen LogP) is 2.08. The van der Waals surface area contributed by atoms with Crippen LogP contribution in [-0.2, 0) is 22.4 Å². The van der Waals surface area contributed by atoms with Crippen LogP contribution in [0.3, 0.4) is 0 Å². The van der Waals surface area contributed by atoms with Crippen LogP contribution in [0.4, 0.5) is 10.6 Å². The van der Waals surface area contributed by atoms with Crippen molar-refractivity contribution in [2.75, 3.05) is 33.6 Å². The fourth-order valence-electron chi connectivity index (χ4n) is 4.41. The highest BCUT2D eigenvalue weighted by molar-refractivity contribution is 5.94. The predicted molar refractivity (Wildman–Crippen MR) is 122 cm³/mol. The Morgan fingerprint density at radius 2 is 1.91 bits per heavy atom. The quantitative estimate of drug-likeness (QED) is 0.412. The molecule has 0 unspecified atom stereocenters. The molecule has 2 aliphatic carbocycles. The number of phenolic OH excluding ortho intramolecular Hbond substituents is 1. The van der Waals surface area contributed by atoms with Crippen molar-refractivity contribution >= 4 is 24.1 Å². The molecule has 2 amide bonds. The van der Waals surface area contributed by atoms with Gasteiger partial charge in [-0.15, -0.1) is 0 Å². The molecule has 2 aliphatic rings. The number of aldehydes is 1. The van der Waals surface area contributed by atoms with Crippen LogP contribution in [0.2, 0.25) is 0 Å². The highest BCUT2D eigenvalue weighted by Crippen LogP contribution is 2.41. The maximum absolute atomic E-state index is 12.9. The van der Waals surface area contributed by atoms with Crippen molar-refractivity contribution in [2.24, 2.45) is 5.92 Å². The second-order valence-corrected chi connectivity index (χ2v) is 8.93. The van der Waals surface area contributed by atoms with E-state index in [-0.39, 0.29) is 29.2 Å². The number of aromatic hydroxyl groups is 1. The monoisotopic (exact) mass is 471 g/mol. The zero-order chi connectivity index (χ0) is 24.6. The Morgan fingerprint density at radius 3 is 2.56 bits per heavy atom. The van der Waals surface area contributed by atoms with Crippen LogP contribution in [0.1, 0.15) is 45.9 Å². The number of methoxy groups -OCH3 is 1. The van der Waals surface area contributed by atoms with Crippen LogP contribution in [0.15, 0.2) is 12.1 Å². The number of nitrogens with zero attached hydrogens (tertiary/aromatic N) is 3. The molecule has 1 heterocycles. The van der Waals surface area contributed by atoms with Crippen LogP contribution < -0.4 is 10.1 Å². The Bertz CT molecular complexity index is 1110. The number of carbonyl (C=O) groups excluding carboxylic acids is 3. The number of hydrogen-bond acceptors (Lipinski definition) is 8. The van der Waals surface area contributed by atoms with Crippen molar-refractivity contribution in [2.45, 2.75) is 37.7 Å². The van der Waals surface area contributed by atoms with Crippen molar-refractivity contribution < 1.29 is 29.0 Å². The summed E-state index contributed by atoms with van der Waals surface area (Å²) in [5.41, 5.74) is 2.48. The molecule has 3 N–H and O–H groups in total. The van der Waals surface area contributed by atoms with Gasteiger partial charge in [-0.1, -0.05) is 0 Å². The third-order valence-corrected chi connectivity index (χ3v) is 6.66. The number of H-pyrrole nitrogens is 1. The lowest BCUT2D eigenvalue weighted by Gasteiger charge is -2.35. The second kappa shape index (κ2) is 9.34. The first-order valence-corrected chi connectivity index (χ1v) is 11.1. The summed E-state index contributed by atoms with van der Waals surface area (Å²) in [5, 5.41) is 23.1. The molecule has 1 aromatic carbocycles.